The smallest absolute Gasteiger partial charge is 0.290 e. The summed E-state index contributed by atoms with van der Waals surface area (Å²) in [4.78, 5) is 28.2. The average molecular weight is 464 g/mol. The van der Waals surface area contributed by atoms with Gasteiger partial charge in [-0.1, -0.05) is 49.4 Å². The van der Waals surface area contributed by atoms with Crippen LogP contribution < -0.4 is 9.47 Å². The van der Waals surface area contributed by atoms with Crippen molar-refractivity contribution in [2.45, 2.75) is 26.0 Å². The standard InChI is InChI=1S/C26H25NO5S/c1-3-13-27-23(22(25(29)26(27)30)24(28)21-10-7-14-33-21)18-11-12-19(31-2)20(15-18)32-16-17-8-5-4-6-9-17/h4-12,14-15,23,29H,3,13,16H2,1-2H3. The Bertz CT molecular complexity index is 1170. The summed E-state index contributed by atoms with van der Waals surface area (Å²) in [6.45, 7) is 2.69. The number of hydrogen-bond acceptors (Lipinski definition) is 6. The van der Waals surface area contributed by atoms with Crippen molar-refractivity contribution in [3.8, 4) is 11.5 Å². The second kappa shape index (κ2) is 9.92. The Hall–Kier alpha value is -3.58. The molecule has 2 heterocycles. The molecule has 1 aromatic heterocycles. The molecular formula is C26H25NO5S. The number of carbonyl (C=O) groups excluding carboxylic acids is 2. The zero-order valence-corrected chi connectivity index (χ0v) is 19.3. The Morgan fingerprint density at radius 1 is 1.09 bits per heavy atom. The number of rotatable bonds is 9. The van der Waals surface area contributed by atoms with Gasteiger partial charge in [0, 0.05) is 6.54 Å². The highest BCUT2D eigenvalue weighted by molar-refractivity contribution is 7.12. The molecule has 0 radical (unpaired) electrons. The monoisotopic (exact) mass is 463 g/mol. The minimum atomic E-state index is -0.711. The highest BCUT2D eigenvalue weighted by atomic mass is 32.1. The molecule has 0 saturated heterocycles. The van der Waals surface area contributed by atoms with Gasteiger partial charge in [0.15, 0.2) is 17.3 Å². The summed E-state index contributed by atoms with van der Waals surface area (Å²) >= 11 is 1.28. The summed E-state index contributed by atoms with van der Waals surface area (Å²) < 4.78 is 11.5. The maximum Gasteiger partial charge on any atom is 0.290 e. The second-order valence-corrected chi connectivity index (χ2v) is 8.60. The van der Waals surface area contributed by atoms with Crippen molar-refractivity contribution in [1.29, 1.82) is 0 Å². The van der Waals surface area contributed by atoms with Crippen LogP contribution in [0.1, 0.15) is 40.2 Å². The molecule has 33 heavy (non-hydrogen) atoms. The highest BCUT2D eigenvalue weighted by Crippen LogP contribution is 2.42. The molecule has 1 aliphatic heterocycles. The first-order valence-corrected chi connectivity index (χ1v) is 11.6. The lowest BCUT2D eigenvalue weighted by atomic mass is 9.95. The van der Waals surface area contributed by atoms with E-state index < -0.39 is 17.7 Å². The number of hydrogen-bond donors (Lipinski definition) is 1. The van der Waals surface area contributed by atoms with Crippen molar-refractivity contribution in [3.05, 3.63) is 93.4 Å². The Morgan fingerprint density at radius 2 is 1.88 bits per heavy atom. The Kier molecular flexibility index (Phi) is 6.79. The first-order chi connectivity index (χ1) is 16.0. The summed E-state index contributed by atoms with van der Waals surface area (Å²) in [7, 11) is 1.56. The van der Waals surface area contributed by atoms with Gasteiger partial charge in [-0.2, -0.15) is 0 Å². The molecule has 4 rings (SSSR count). The number of ketones is 1. The van der Waals surface area contributed by atoms with Crippen LogP contribution in [0.3, 0.4) is 0 Å². The van der Waals surface area contributed by atoms with Crippen LogP contribution in [0, 0.1) is 0 Å². The molecule has 0 aliphatic carbocycles. The molecule has 3 aromatic rings. The van der Waals surface area contributed by atoms with Gasteiger partial charge in [0.2, 0.25) is 5.78 Å². The predicted octanol–water partition coefficient (Wildman–Crippen LogP) is 5.32. The fourth-order valence-corrected chi connectivity index (χ4v) is 4.63. The van der Waals surface area contributed by atoms with Gasteiger partial charge >= 0.3 is 0 Å². The quantitative estimate of drug-likeness (QED) is 0.435. The van der Waals surface area contributed by atoms with E-state index in [1.807, 2.05) is 37.3 Å². The lowest BCUT2D eigenvalue weighted by Gasteiger charge is -2.27. The molecule has 0 bridgehead atoms. The first kappa shape index (κ1) is 22.6. The van der Waals surface area contributed by atoms with Crippen LogP contribution in [0.2, 0.25) is 0 Å². The number of thiophene rings is 1. The molecule has 1 N–H and O–H groups in total. The number of aliphatic hydroxyl groups excluding tert-OH is 1. The van der Waals surface area contributed by atoms with Gasteiger partial charge in [-0.05, 0) is 41.1 Å². The van der Waals surface area contributed by atoms with E-state index in [0.29, 0.717) is 41.5 Å². The number of ether oxygens (including phenoxy) is 2. The predicted molar refractivity (Wildman–Crippen MR) is 127 cm³/mol. The van der Waals surface area contributed by atoms with Gasteiger partial charge in [0.05, 0.1) is 23.6 Å². The topological polar surface area (TPSA) is 76.1 Å². The highest BCUT2D eigenvalue weighted by Gasteiger charge is 2.43. The number of Topliss-reactive ketones (excluding diaryl/α,β-unsaturated/α-hetero) is 1. The second-order valence-electron chi connectivity index (χ2n) is 7.65. The zero-order valence-electron chi connectivity index (χ0n) is 18.5. The first-order valence-electron chi connectivity index (χ1n) is 10.7. The van der Waals surface area contributed by atoms with Gasteiger partial charge in [0.25, 0.3) is 5.91 Å². The van der Waals surface area contributed by atoms with Gasteiger partial charge in [-0.15, -0.1) is 11.3 Å². The van der Waals surface area contributed by atoms with Gasteiger partial charge in [0.1, 0.15) is 6.61 Å². The summed E-state index contributed by atoms with van der Waals surface area (Å²) in [5.41, 5.74) is 1.76. The van der Waals surface area contributed by atoms with Crippen LogP contribution in [0.25, 0.3) is 0 Å². The molecular weight excluding hydrogens is 438 g/mol. The van der Waals surface area contributed by atoms with E-state index in [-0.39, 0.29) is 11.4 Å². The minimum absolute atomic E-state index is 0.0927. The Balaban J connectivity index is 1.73. The van der Waals surface area contributed by atoms with Crippen LogP contribution in [-0.2, 0) is 11.4 Å². The number of benzene rings is 2. The van der Waals surface area contributed by atoms with Crippen molar-refractivity contribution in [2.24, 2.45) is 0 Å². The molecule has 1 atom stereocenters. The largest absolute Gasteiger partial charge is 0.503 e. The molecule has 1 amide bonds. The van der Waals surface area contributed by atoms with Gasteiger partial charge < -0.3 is 19.5 Å². The van der Waals surface area contributed by atoms with Crippen LogP contribution >= 0.6 is 11.3 Å². The van der Waals surface area contributed by atoms with E-state index in [1.54, 1.807) is 47.7 Å². The van der Waals surface area contributed by atoms with E-state index in [2.05, 4.69) is 0 Å². The van der Waals surface area contributed by atoms with Gasteiger partial charge in [-0.25, -0.2) is 0 Å². The van der Waals surface area contributed by atoms with Crippen molar-refractivity contribution in [3.63, 3.8) is 0 Å². The van der Waals surface area contributed by atoms with Crippen LogP contribution in [0.5, 0.6) is 11.5 Å². The number of carbonyl (C=O) groups is 2. The van der Waals surface area contributed by atoms with E-state index in [4.69, 9.17) is 9.47 Å². The molecule has 2 aromatic carbocycles. The van der Waals surface area contributed by atoms with E-state index >= 15 is 0 Å². The van der Waals surface area contributed by atoms with Crippen molar-refractivity contribution >= 4 is 23.0 Å². The van der Waals surface area contributed by atoms with Crippen LogP contribution in [0.15, 0.2) is 77.4 Å². The van der Waals surface area contributed by atoms with Crippen LogP contribution in [-0.4, -0.2) is 35.4 Å². The molecule has 7 heteroatoms. The van der Waals surface area contributed by atoms with Crippen molar-refractivity contribution in [2.75, 3.05) is 13.7 Å². The summed E-state index contributed by atoms with van der Waals surface area (Å²) in [6.07, 6.45) is 0.684. The maximum absolute atomic E-state index is 13.3. The third kappa shape index (κ3) is 4.50. The zero-order chi connectivity index (χ0) is 23.4. The van der Waals surface area contributed by atoms with Gasteiger partial charge in [-0.3, -0.25) is 9.59 Å². The molecule has 0 saturated carbocycles. The number of aliphatic hydroxyl groups is 1. The summed E-state index contributed by atoms with van der Waals surface area (Å²) in [6, 6.07) is 17.8. The normalized spacial score (nSPS) is 15.8. The molecule has 0 fully saturated rings. The molecule has 170 valence electrons. The van der Waals surface area contributed by atoms with E-state index in [0.717, 1.165) is 5.56 Å². The molecule has 6 nitrogen and oxygen atoms in total. The van der Waals surface area contributed by atoms with E-state index in [9.17, 15) is 14.7 Å². The number of methoxy groups -OCH3 is 1. The molecule has 0 spiro atoms. The Labute approximate surface area is 196 Å². The maximum atomic E-state index is 13.3. The fraction of sp³-hybridized carbons (Fsp3) is 0.231. The third-order valence-corrected chi connectivity index (χ3v) is 6.37. The van der Waals surface area contributed by atoms with Crippen molar-refractivity contribution < 1.29 is 24.2 Å². The minimum Gasteiger partial charge on any atom is -0.503 e. The summed E-state index contributed by atoms with van der Waals surface area (Å²) in [5, 5.41) is 12.5. The van der Waals surface area contributed by atoms with Crippen LogP contribution in [0.4, 0.5) is 0 Å². The average Bonchev–Trinajstić information content (AvgIpc) is 3.46. The number of amides is 1. The number of nitrogens with zero attached hydrogens (tertiary/aromatic N) is 1. The summed E-state index contributed by atoms with van der Waals surface area (Å²) in [5.74, 6) is -0.335. The third-order valence-electron chi connectivity index (χ3n) is 5.50. The fourth-order valence-electron chi connectivity index (χ4n) is 3.96. The lowest BCUT2D eigenvalue weighted by molar-refractivity contribution is -0.129. The molecule has 1 unspecified atom stereocenters. The SMILES string of the molecule is CCCN1C(=O)C(O)=C(C(=O)c2cccs2)C1c1ccc(OC)c(OCc2ccccc2)c1. The van der Waals surface area contributed by atoms with Crippen molar-refractivity contribution in [1.82, 2.24) is 4.90 Å². The Morgan fingerprint density at radius 3 is 2.55 bits per heavy atom. The lowest BCUT2D eigenvalue weighted by Crippen LogP contribution is -2.31. The van der Waals surface area contributed by atoms with E-state index in [1.165, 1.54) is 11.3 Å². The molecule has 1 aliphatic rings.